The predicted molar refractivity (Wildman–Crippen MR) is 162 cm³/mol. The fourth-order valence-electron chi connectivity index (χ4n) is 5.51. The highest BCUT2D eigenvalue weighted by molar-refractivity contribution is 7.53. The number of amides is 1. The van der Waals surface area contributed by atoms with Crippen molar-refractivity contribution in [2.45, 2.75) is 70.6 Å². The monoisotopic (exact) mass is 562 g/mol. The van der Waals surface area contributed by atoms with Crippen LogP contribution >= 0.6 is 7.60 Å². The number of benzene rings is 2. The Hall–Kier alpha value is -2.79. The molecule has 40 heavy (non-hydrogen) atoms. The molecular weight excluding hydrogens is 519 g/mol. The first kappa shape index (κ1) is 30.2. The van der Waals surface area contributed by atoms with Gasteiger partial charge in [-0.1, -0.05) is 87.7 Å². The Balaban J connectivity index is 1.52. The number of pyridine rings is 1. The molecule has 7 heteroatoms. The number of carbonyl (C=O) groups excluding carboxylic acids is 1. The van der Waals surface area contributed by atoms with E-state index in [0.717, 1.165) is 53.6 Å². The fourth-order valence-corrected chi connectivity index (χ4v) is 7.27. The minimum Gasteiger partial charge on any atom is -0.355 e. The molecule has 0 aliphatic heterocycles. The summed E-state index contributed by atoms with van der Waals surface area (Å²) in [5, 5.41) is 3.24. The lowest BCUT2D eigenvalue weighted by molar-refractivity contribution is -0.125. The van der Waals surface area contributed by atoms with Crippen LogP contribution in [0.25, 0.3) is 11.1 Å². The predicted octanol–water partition coefficient (Wildman–Crippen LogP) is 7.70. The van der Waals surface area contributed by atoms with E-state index in [1.807, 2.05) is 42.5 Å². The van der Waals surface area contributed by atoms with Gasteiger partial charge < -0.3 is 14.4 Å². The molecule has 1 aliphatic carbocycles. The van der Waals surface area contributed by atoms with E-state index in [-0.39, 0.29) is 5.91 Å². The Morgan fingerprint density at radius 3 is 2.00 bits per heavy atom. The van der Waals surface area contributed by atoms with Crippen LogP contribution in [0.4, 0.5) is 0 Å². The molecule has 0 fully saturated rings. The number of rotatable bonds is 17. The van der Waals surface area contributed by atoms with Gasteiger partial charge in [-0.3, -0.25) is 14.3 Å². The van der Waals surface area contributed by atoms with Crippen LogP contribution in [0, 0.1) is 0 Å². The number of hydrogen-bond donors (Lipinski definition) is 1. The Morgan fingerprint density at radius 2 is 1.43 bits per heavy atom. The molecule has 0 atom stereocenters. The van der Waals surface area contributed by atoms with Crippen LogP contribution in [-0.2, 0) is 30.2 Å². The molecule has 0 spiro atoms. The van der Waals surface area contributed by atoms with Crippen LogP contribution in [0.3, 0.4) is 0 Å². The van der Waals surface area contributed by atoms with Gasteiger partial charge in [0, 0.05) is 24.9 Å². The summed E-state index contributed by atoms with van der Waals surface area (Å²) in [5.41, 5.74) is 4.42. The number of aromatic nitrogens is 1. The third-order valence-electron chi connectivity index (χ3n) is 7.65. The van der Waals surface area contributed by atoms with Gasteiger partial charge in [0.25, 0.3) is 0 Å². The summed E-state index contributed by atoms with van der Waals surface area (Å²) in [6.45, 7) is 5.58. The maximum absolute atomic E-state index is 14.2. The van der Waals surface area contributed by atoms with E-state index in [4.69, 9.17) is 9.05 Å². The normalized spacial score (nSPS) is 13.6. The van der Waals surface area contributed by atoms with Crippen LogP contribution in [0.2, 0.25) is 0 Å². The first-order chi connectivity index (χ1) is 19.5. The van der Waals surface area contributed by atoms with E-state index in [0.29, 0.717) is 51.6 Å². The van der Waals surface area contributed by atoms with Crippen molar-refractivity contribution in [3.05, 3.63) is 89.7 Å². The average Bonchev–Trinajstić information content (AvgIpc) is 3.27. The summed E-state index contributed by atoms with van der Waals surface area (Å²) in [6.07, 6.45) is 8.46. The first-order valence-electron chi connectivity index (χ1n) is 14.8. The Labute approximate surface area is 239 Å². The minimum absolute atomic E-state index is 0.00223. The summed E-state index contributed by atoms with van der Waals surface area (Å²) >= 11 is 0. The van der Waals surface area contributed by atoms with Crippen molar-refractivity contribution in [2.75, 3.05) is 25.9 Å². The molecule has 3 aromatic rings. The third kappa shape index (κ3) is 7.09. The summed E-state index contributed by atoms with van der Waals surface area (Å²) in [7, 11) is -3.18. The standard InChI is InChI=1S/C33H43N2O4P/c1-3-5-24-38-40(37,39-25-6-4-2)26-14-12-21-33(32(36)35-23-20-27-15-11-13-22-34-27)30-18-9-7-16-28(30)29-17-8-10-19-31(29)33/h7-11,13,15-19,22H,3-6,12,14,20-21,23-26H2,1-2H3,(H,35,36). The molecule has 1 aliphatic rings. The molecule has 1 heterocycles. The minimum atomic E-state index is -3.18. The summed E-state index contributed by atoms with van der Waals surface area (Å²) < 4.78 is 25.1. The number of hydrogen-bond acceptors (Lipinski definition) is 5. The van der Waals surface area contributed by atoms with E-state index in [2.05, 4.69) is 48.4 Å². The van der Waals surface area contributed by atoms with Crippen molar-refractivity contribution < 1.29 is 18.4 Å². The van der Waals surface area contributed by atoms with Gasteiger partial charge in [0.05, 0.1) is 19.4 Å². The number of fused-ring (bicyclic) bond motifs is 3. The number of nitrogens with zero attached hydrogens (tertiary/aromatic N) is 1. The van der Waals surface area contributed by atoms with Gasteiger partial charge >= 0.3 is 7.60 Å². The van der Waals surface area contributed by atoms with Gasteiger partial charge in [0.15, 0.2) is 0 Å². The van der Waals surface area contributed by atoms with Gasteiger partial charge in [-0.25, -0.2) is 0 Å². The molecule has 6 nitrogen and oxygen atoms in total. The van der Waals surface area contributed by atoms with Gasteiger partial charge in [0.1, 0.15) is 5.41 Å². The molecule has 1 aromatic heterocycles. The van der Waals surface area contributed by atoms with E-state index >= 15 is 0 Å². The van der Waals surface area contributed by atoms with Crippen molar-refractivity contribution >= 4 is 13.5 Å². The summed E-state index contributed by atoms with van der Waals surface area (Å²) in [5.74, 6) is 0.00223. The smallest absolute Gasteiger partial charge is 0.330 e. The molecule has 0 radical (unpaired) electrons. The molecule has 4 rings (SSSR count). The largest absolute Gasteiger partial charge is 0.355 e. The third-order valence-corrected chi connectivity index (χ3v) is 9.67. The van der Waals surface area contributed by atoms with Gasteiger partial charge in [-0.15, -0.1) is 0 Å². The second-order valence-electron chi connectivity index (χ2n) is 10.5. The lowest BCUT2D eigenvalue weighted by Gasteiger charge is -2.31. The van der Waals surface area contributed by atoms with Crippen LogP contribution < -0.4 is 5.32 Å². The van der Waals surface area contributed by atoms with Crippen molar-refractivity contribution in [2.24, 2.45) is 0 Å². The van der Waals surface area contributed by atoms with Crippen LogP contribution in [0.5, 0.6) is 0 Å². The maximum Gasteiger partial charge on any atom is 0.330 e. The zero-order valence-corrected chi connectivity index (χ0v) is 24.8. The van der Waals surface area contributed by atoms with Crippen LogP contribution in [-0.4, -0.2) is 36.8 Å². The van der Waals surface area contributed by atoms with Crippen LogP contribution in [0.1, 0.15) is 75.6 Å². The molecule has 2 aromatic carbocycles. The maximum atomic E-state index is 14.2. The zero-order chi connectivity index (χ0) is 28.3. The van der Waals surface area contributed by atoms with E-state index in [1.165, 1.54) is 0 Å². The lowest BCUT2D eigenvalue weighted by Crippen LogP contribution is -2.45. The summed E-state index contributed by atoms with van der Waals surface area (Å²) in [6, 6.07) is 22.3. The Morgan fingerprint density at radius 1 is 0.825 bits per heavy atom. The molecule has 214 valence electrons. The molecular formula is C33H43N2O4P. The van der Waals surface area contributed by atoms with Crippen molar-refractivity contribution in [1.82, 2.24) is 10.3 Å². The number of nitrogens with one attached hydrogen (secondary N) is 1. The van der Waals surface area contributed by atoms with Crippen LogP contribution in [0.15, 0.2) is 72.9 Å². The highest BCUT2D eigenvalue weighted by atomic mass is 31.2. The van der Waals surface area contributed by atoms with Crippen molar-refractivity contribution in [3.8, 4) is 11.1 Å². The highest BCUT2D eigenvalue weighted by Gasteiger charge is 2.48. The molecule has 0 saturated heterocycles. The molecule has 1 N–H and O–H groups in total. The number of carbonyl (C=O) groups is 1. The topological polar surface area (TPSA) is 77.5 Å². The van der Waals surface area contributed by atoms with Crippen molar-refractivity contribution in [1.29, 1.82) is 0 Å². The van der Waals surface area contributed by atoms with Crippen molar-refractivity contribution in [3.63, 3.8) is 0 Å². The SMILES string of the molecule is CCCCOP(=O)(CCCCC1(C(=O)NCCc2ccccn2)c2ccccc2-c2ccccc21)OCCCC. The van der Waals surface area contributed by atoms with E-state index in [9.17, 15) is 9.36 Å². The fraction of sp³-hybridized carbons (Fsp3) is 0.455. The average molecular weight is 563 g/mol. The molecule has 0 unspecified atom stereocenters. The number of unbranched alkanes of at least 4 members (excludes halogenated alkanes) is 3. The van der Waals surface area contributed by atoms with E-state index < -0.39 is 13.0 Å². The quantitative estimate of drug-likeness (QED) is 0.135. The second-order valence-corrected chi connectivity index (χ2v) is 12.7. The molecule has 0 saturated carbocycles. The second kappa shape index (κ2) is 14.7. The molecule has 0 bridgehead atoms. The summed E-state index contributed by atoms with van der Waals surface area (Å²) in [4.78, 5) is 18.6. The van der Waals surface area contributed by atoms with Gasteiger partial charge in [-0.05, 0) is 60.1 Å². The first-order valence-corrected chi connectivity index (χ1v) is 16.5. The van der Waals surface area contributed by atoms with Gasteiger partial charge in [-0.2, -0.15) is 0 Å². The Kier molecular flexibility index (Phi) is 11.1. The lowest BCUT2D eigenvalue weighted by atomic mass is 9.73. The Bertz CT molecular complexity index is 1220. The molecule has 1 amide bonds. The highest BCUT2D eigenvalue weighted by Crippen LogP contribution is 2.53. The zero-order valence-electron chi connectivity index (χ0n) is 23.9. The van der Waals surface area contributed by atoms with E-state index in [1.54, 1.807) is 6.20 Å². The van der Waals surface area contributed by atoms with Gasteiger partial charge in [0.2, 0.25) is 5.91 Å².